The summed E-state index contributed by atoms with van der Waals surface area (Å²) in [6.07, 6.45) is 2.75. The van der Waals surface area contributed by atoms with Crippen LogP contribution in [0.1, 0.15) is 50.2 Å². The maximum atomic E-state index is 13.0. The number of carbonyl (C=O) groups excluding carboxylic acids is 1. The van der Waals surface area contributed by atoms with Crippen molar-refractivity contribution < 1.29 is 22.7 Å². The van der Waals surface area contributed by atoms with Gasteiger partial charge < -0.3 is 14.8 Å². The van der Waals surface area contributed by atoms with Crippen molar-refractivity contribution in [3.63, 3.8) is 0 Å². The Morgan fingerprint density at radius 2 is 1.78 bits per heavy atom. The summed E-state index contributed by atoms with van der Waals surface area (Å²) in [7, 11) is -2.15. The molecule has 0 aliphatic carbocycles. The van der Waals surface area contributed by atoms with Gasteiger partial charge >= 0.3 is 0 Å². The SMILES string of the molecule is COc1ccc(S(=O)(=O)N2CCCCC2)cc1NC(=O)COc1cc(C(C)C)ccc1C. The minimum absolute atomic E-state index is 0.136. The van der Waals surface area contributed by atoms with E-state index < -0.39 is 15.9 Å². The van der Waals surface area contributed by atoms with Crippen LogP contribution in [-0.2, 0) is 14.8 Å². The van der Waals surface area contributed by atoms with Crippen molar-refractivity contribution >= 4 is 21.6 Å². The second kappa shape index (κ2) is 10.4. The van der Waals surface area contributed by atoms with E-state index in [-0.39, 0.29) is 11.5 Å². The molecule has 2 aromatic carbocycles. The van der Waals surface area contributed by atoms with Crippen LogP contribution in [-0.4, -0.2) is 45.4 Å². The molecule has 0 aromatic heterocycles. The van der Waals surface area contributed by atoms with Crippen molar-refractivity contribution in [1.82, 2.24) is 4.31 Å². The van der Waals surface area contributed by atoms with Crippen LogP contribution in [0.2, 0.25) is 0 Å². The van der Waals surface area contributed by atoms with Gasteiger partial charge in [0.05, 0.1) is 17.7 Å². The first-order valence-corrected chi connectivity index (χ1v) is 12.4. The van der Waals surface area contributed by atoms with Gasteiger partial charge in [0.25, 0.3) is 5.91 Å². The van der Waals surface area contributed by atoms with Gasteiger partial charge in [-0.05, 0) is 61.1 Å². The maximum Gasteiger partial charge on any atom is 0.262 e. The molecular weight excluding hydrogens is 428 g/mol. The van der Waals surface area contributed by atoms with Gasteiger partial charge in [0.1, 0.15) is 11.5 Å². The largest absolute Gasteiger partial charge is 0.495 e. The first-order chi connectivity index (χ1) is 15.2. The molecule has 0 bridgehead atoms. The Morgan fingerprint density at radius 1 is 1.06 bits per heavy atom. The quantitative estimate of drug-likeness (QED) is 0.634. The predicted octanol–water partition coefficient (Wildman–Crippen LogP) is 4.32. The van der Waals surface area contributed by atoms with Gasteiger partial charge in [-0.25, -0.2) is 8.42 Å². The van der Waals surface area contributed by atoms with E-state index in [1.165, 1.54) is 23.5 Å². The first-order valence-electron chi connectivity index (χ1n) is 10.9. The zero-order valence-corrected chi connectivity index (χ0v) is 20.0. The lowest BCUT2D eigenvalue weighted by atomic mass is 10.0. The molecule has 1 saturated heterocycles. The molecule has 32 heavy (non-hydrogen) atoms. The van der Waals surface area contributed by atoms with Crippen LogP contribution < -0.4 is 14.8 Å². The normalized spacial score (nSPS) is 14.9. The number of rotatable bonds is 8. The molecule has 1 N–H and O–H groups in total. The number of benzene rings is 2. The molecule has 0 atom stereocenters. The molecule has 1 fully saturated rings. The Labute approximate surface area is 190 Å². The highest BCUT2D eigenvalue weighted by Gasteiger charge is 2.27. The third kappa shape index (κ3) is 5.61. The Hall–Kier alpha value is -2.58. The molecule has 0 radical (unpaired) electrons. The van der Waals surface area contributed by atoms with Gasteiger partial charge in [-0.3, -0.25) is 4.79 Å². The fourth-order valence-electron chi connectivity index (χ4n) is 3.66. The third-order valence-electron chi connectivity index (χ3n) is 5.64. The van der Waals surface area contributed by atoms with Crippen LogP contribution in [0.4, 0.5) is 5.69 Å². The van der Waals surface area contributed by atoms with E-state index in [9.17, 15) is 13.2 Å². The Kier molecular flexibility index (Phi) is 7.79. The molecule has 1 heterocycles. The van der Waals surface area contributed by atoms with E-state index in [0.29, 0.717) is 36.2 Å². The van der Waals surface area contributed by atoms with Crippen LogP contribution in [0.25, 0.3) is 0 Å². The van der Waals surface area contributed by atoms with E-state index in [2.05, 4.69) is 19.2 Å². The van der Waals surface area contributed by atoms with Gasteiger partial charge in [0, 0.05) is 13.1 Å². The molecule has 174 valence electrons. The number of ether oxygens (including phenoxy) is 2. The molecule has 3 rings (SSSR count). The highest BCUT2D eigenvalue weighted by atomic mass is 32.2. The van der Waals surface area contributed by atoms with E-state index >= 15 is 0 Å². The van der Waals surface area contributed by atoms with Crippen LogP contribution in [0.3, 0.4) is 0 Å². The van der Waals surface area contributed by atoms with Crippen molar-refractivity contribution in [3.8, 4) is 11.5 Å². The van der Waals surface area contributed by atoms with E-state index in [4.69, 9.17) is 9.47 Å². The number of methoxy groups -OCH3 is 1. The Balaban J connectivity index is 1.74. The summed E-state index contributed by atoms with van der Waals surface area (Å²) in [6.45, 7) is 6.94. The van der Waals surface area contributed by atoms with E-state index in [1.54, 1.807) is 6.07 Å². The van der Waals surface area contributed by atoms with Crippen molar-refractivity contribution in [3.05, 3.63) is 47.5 Å². The zero-order valence-electron chi connectivity index (χ0n) is 19.2. The number of nitrogens with zero attached hydrogens (tertiary/aromatic N) is 1. The van der Waals surface area contributed by atoms with E-state index in [1.807, 2.05) is 25.1 Å². The first kappa shape index (κ1) is 24.1. The summed E-state index contributed by atoms with van der Waals surface area (Å²) >= 11 is 0. The summed E-state index contributed by atoms with van der Waals surface area (Å²) in [5.74, 6) is 0.986. The van der Waals surface area contributed by atoms with E-state index in [0.717, 1.165) is 30.4 Å². The fourth-order valence-corrected chi connectivity index (χ4v) is 5.20. The number of piperidine rings is 1. The number of carbonyl (C=O) groups is 1. The lowest BCUT2D eigenvalue weighted by Gasteiger charge is -2.26. The third-order valence-corrected chi connectivity index (χ3v) is 7.53. The van der Waals surface area contributed by atoms with Gasteiger partial charge in [0.2, 0.25) is 10.0 Å². The molecule has 0 unspecified atom stereocenters. The average Bonchev–Trinajstić information content (AvgIpc) is 2.78. The Morgan fingerprint density at radius 3 is 2.44 bits per heavy atom. The molecule has 1 amide bonds. The topological polar surface area (TPSA) is 84.9 Å². The summed E-state index contributed by atoms with van der Waals surface area (Å²) < 4.78 is 38.6. The van der Waals surface area contributed by atoms with Crippen LogP contribution in [0.5, 0.6) is 11.5 Å². The average molecular weight is 461 g/mol. The summed E-state index contributed by atoms with van der Waals surface area (Å²) in [5, 5.41) is 2.73. The van der Waals surface area contributed by atoms with Crippen molar-refractivity contribution in [2.75, 3.05) is 32.1 Å². The lowest BCUT2D eigenvalue weighted by molar-refractivity contribution is -0.118. The van der Waals surface area contributed by atoms with Gasteiger partial charge in [-0.1, -0.05) is 32.4 Å². The second-order valence-corrected chi connectivity index (χ2v) is 10.3. The highest BCUT2D eigenvalue weighted by molar-refractivity contribution is 7.89. The summed E-state index contributed by atoms with van der Waals surface area (Å²) in [5.41, 5.74) is 2.37. The molecule has 1 aliphatic rings. The number of aryl methyl sites for hydroxylation is 1. The van der Waals surface area contributed by atoms with Crippen LogP contribution in [0.15, 0.2) is 41.3 Å². The molecule has 0 spiro atoms. The monoisotopic (exact) mass is 460 g/mol. The molecule has 2 aromatic rings. The highest BCUT2D eigenvalue weighted by Crippen LogP contribution is 2.30. The molecule has 8 heteroatoms. The number of amides is 1. The zero-order chi connectivity index (χ0) is 23.3. The fraction of sp³-hybridized carbons (Fsp3) is 0.458. The van der Waals surface area contributed by atoms with Gasteiger partial charge in [-0.2, -0.15) is 4.31 Å². The number of nitrogens with one attached hydrogen (secondary N) is 1. The van der Waals surface area contributed by atoms with Crippen molar-refractivity contribution in [2.24, 2.45) is 0 Å². The maximum absolute atomic E-state index is 13.0. The molecule has 1 aliphatic heterocycles. The van der Waals surface area contributed by atoms with Crippen LogP contribution in [0, 0.1) is 6.92 Å². The van der Waals surface area contributed by atoms with Crippen molar-refractivity contribution in [2.45, 2.75) is 50.8 Å². The molecule has 7 nitrogen and oxygen atoms in total. The summed E-state index contributed by atoms with van der Waals surface area (Å²) in [6, 6.07) is 10.5. The summed E-state index contributed by atoms with van der Waals surface area (Å²) in [4.78, 5) is 12.7. The second-order valence-electron chi connectivity index (χ2n) is 8.34. The van der Waals surface area contributed by atoms with Crippen molar-refractivity contribution in [1.29, 1.82) is 0 Å². The predicted molar refractivity (Wildman–Crippen MR) is 125 cm³/mol. The minimum Gasteiger partial charge on any atom is -0.495 e. The standard InChI is InChI=1S/C24H32N2O5S/c1-17(2)19-9-8-18(3)23(14-19)31-16-24(27)25-21-15-20(10-11-22(21)30-4)32(28,29)26-12-6-5-7-13-26/h8-11,14-15,17H,5-7,12-13,16H2,1-4H3,(H,25,27). The minimum atomic E-state index is -3.62. The lowest BCUT2D eigenvalue weighted by Crippen LogP contribution is -2.35. The smallest absolute Gasteiger partial charge is 0.262 e. The Bertz CT molecular complexity index is 1060. The number of hydrogen-bond donors (Lipinski definition) is 1. The van der Waals surface area contributed by atoms with Gasteiger partial charge in [0.15, 0.2) is 6.61 Å². The molecule has 0 saturated carbocycles. The number of sulfonamides is 1. The number of anilines is 1. The van der Waals surface area contributed by atoms with Crippen LogP contribution >= 0.6 is 0 Å². The number of hydrogen-bond acceptors (Lipinski definition) is 5. The molecular formula is C24H32N2O5S. The van der Waals surface area contributed by atoms with Gasteiger partial charge in [-0.15, -0.1) is 0 Å².